The summed E-state index contributed by atoms with van der Waals surface area (Å²) >= 11 is 0. The van der Waals surface area contributed by atoms with Gasteiger partial charge in [0.15, 0.2) is 5.43 Å². The number of ether oxygens (including phenoxy) is 3. The number of methoxy groups -OCH3 is 1. The summed E-state index contributed by atoms with van der Waals surface area (Å²) in [5.41, 5.74) is 0.465. The lowest BCUT2D eigenvalue weighted by molar-refractivity contribution is -0.276. The zero-order valence-electron chi connectivity index (χ0n) is 15.7. The zero-order chi connectivity index (χ0) is 20.4. The van der Waals surface area contributed by atoms with Gasteiger partial charge in [0.1, 0.15) is 35.9 Å². The molecule has 3 aromatic rings. The van der Waals surface area contributed by atoms with Gasteiger partial charge in [-0.1, -0.05) is 6.07 Å². The lowest BCUT2D eigenvalue weighted by Gasteiger charge is -2.45. The third-order valence-electron chi connectivity index (χ3n) is 5.09. The quantitative estimate of drug-likeness (QED) is 0.620. The van der Waals surface area contributed by atoms with Crippen LogP contribution < -0.4 is 24.5 Å². The number of amides is 1. The van der Waals surface area contributed by atoms with Crippen molar-refractivity contribution in [3.8, 4) is 11.5 Å². The van der Waals surface area contributed by atoms with Gasteiger partial charge in [0.05, 0.1) is 25.4 Å². The fourth-order valence-electron chi connectivity index (χ4n) is 3.55. The molecule has 0 spiro atoms. The fourth-order valence-corrected chi connectivity index (χ4v) is 3.55. The van der Waals surface area contributed by atoms with E-state index in [1.165, 1.54) is 19.4 Å². The molecule has 2 atom stereocenters. The van der Waals surface area contributed by atoms with E-state index in [9.17, 15) is 14.7 Å². The first-order chi connectivity index (χ1) is 14.0. The number of carboxylic acid groups (broad SMARTS) is 1. The topological polar surface area (TPSA) is 98.0 Å². The molecule has 2 unspecified atom stereocenters. The summed E-state index contributed by atoms with van der Waals surface area (Å²) in [7, 11) is 1.53. The van der Waals surface area contributed by atoms with E-state index in [0.717, 1.165) is 0 Å². The second-order valence-corrected chi connectivity index (χ2v) is 6.65. The molecule has 0 N–H and O–H groups in total. The number of fused-ring (bicyclic) bond motifs is 1. The van der Waals surface area contributed by atoms with Crippen LogP contribution in [0, 0.1) is 0 Å². The molecule has 0 radical (unpaired) electrons. The Morgan fingerprint density at radius 3 is 2.79 bits per heavy atom. The van der Waals surface area contributed by atoms with Gasteiger partial charge in [0.25, 0.3) is 12.3 Å². The van der Waals surface area contributed by atoms with Crippen molar-refractivity contribution in [1.82, 2.24) is 4.48 Å². The summed E-state index contributed by atoms with van der Waals surface area (Å²) in [6.45, 7) is 0.351. The standard InChI is InChI=1S/C21H19NO7/c1-26-15-3-2-4-16(12-15)29-20-13-27-10-8-22(20,21(24)25)14-5-6-17-18(23)7-9-28-19(17)11-14/h2-7,9,11-12,20H,8,10,13H2,1H3. The van der Waals surface area contributed by atoms with Crippen molar-refractivity contribution >= 4 is 22.7 Å². The Labute approximate surface area is 166 Å². The van der Waals surface area contributed by atoms with Crippen LogP contribution in [0.5, 0.6) is 11.5 Å². The first-order valence-electron chi connectivity index (χ1n) is 9.04. The Balaban J connectivity index is 1.80. The molecule has 2 aromatic carbocycles. The van der Waals surface area contributed by atoms with Crippen LogP contribution in [0.15, 0.2) is 64.0 Å². The zero-order valence-corrected chi connectivity index (χ0v) is 15.7. The number of hydrogen-bond acceptors (Lipinski definition) is 7. The molecule has 1 aliphatic rings. The molecule has 0 saturated carbocycles. The van der Waals surface area contributed by atoms with Crippen molar-refractivity contribution in [2.45, 2.75) is 6.23 Å². The highest BCUT2D eigenvalue weighted by molar-refractivity contribution is 5.86. The van der Waals surface area contributed by atoms with Crippen molar-refractivity contribution in [1.29, 1.82) is 0 Å². The van der Waals surface area contributed by atoms with Gasteiger partial charge in [0, 0.05) is 24.3 Å². The van der Waals surface area contributed by atoms with Crippen LogP contribution in [0.25, 0.3) is 11.0 Å². The van der Waals surface area contributed by atoms with Gasteiger partial charge in [-0.2, -0.15) is 0 Å². The lowest BCUT2D eigenvalue weighted by atomic mass is 10.1. The van der Waals surface area contributed by atoms with E-state index in [1.54, 1.807) is 42.5 Å². The van der Waals surface area contributed by atoms with Crippen LogP contribution in [-0.2, 0) is 4.74 Å². The average molecular weight is 397 g/mol. The molecule has 0 bridgehead atoms. The predicted octanol–water partition coefficient (Wildman–Crippen LogP) is 1.89. The van der Waals surface area contributed by atoms with E-state index in [0.29, 0.717) is 28.2 Å². The van der Waals surface area contributed by atoms with Crippen molar-refractivity contribution in [3.63, 3.8) is 0 Å². The molecule has 1 aliphatic heterocycles. The summed E-state index contributed by atoms with van der Waals surface area (Å²) in [5.74, 6) is 1.02. The number of carbonyl (C=O) groups excluding carboxylic acids is 1. The first-order valence-corrected chi connectivity index (χ1v) is 9.04. The Morgan fingerprint density at radius 2 is 2.00 bits per heavy atom. The normalized spacial score (nSPS) is 21.6. The molecule has 8 nitrogen and oxygen atoms in total. The molecule has 1 fully saturated rings. The number of nitrogens with zero attached hydrogens (tertiary/aromatic N) is 1. The summed E-state index contributed by atoms with van der Waals surface area (Å²) < 4.78 is 21.5. The van der Waals surface area contributed by atoms with Crippen LogP contribution in [0.1, 0.15) is 0 Å². The number of hydrogen-bond donors (Lipinski definition) is 0. The highest BCUT2D eigenvalue weighted by Crippen LogP contribution is 2.33. The van der Waals surface area contributed by atoms with Gasteiger partial charge >= 0.3 is 0 Å². The molecular formula is C21H19NO7. The largest absolute Gasteiger partial charge is 0.498 e. The number of benzene rings is 2. The number of morpholine rings is 1. The van der Waals surface area contributed by atoms with Crippen LogP contribution in [-0.4, -0.2) is 39.2 Å². The summed E-state index contributed by atoms with van der Waals surface area (Å²) in [5, 5.41) is 12.8. The predicted molar refractivity (Wildman–Crippen MR) is 103 cm³/mol. The van der Waals surface area contributed by atoms with Gasteiger partial charge in [-0.25, -0.2) is 4.48 Å². The van der Waals surface area contributed by atoms with Crippen molar-refractivity contribution in [3.05, 3.63) is 65.0 Å². The Kier molecular flexibility index (Phi) is 4.96. The van der Waals surface area contributed by atoms with Gasteiger partial charge in [-0.05, 0) is 18.2 Å². The highest BCUT2D eigenvalue weighted by Gasteiger charge is 2.46. The first kappa shape index (κ1) is 19.0. The molecule has 150 valence electrons. The van der Waals surface area contributed by atoms with E-state index in [1.807, 2.05) is 0 Å². The van der Waals surface area contributed by atoms with Crippen LogP contribution in [0.3, 0.4) is 0 Å². The van der Waals surface area contributed by atoms with Crippen molar-refractivity contribution < 1.29 is 28.5 Å². The highest BCUT2D eigenvalue weighted by atomic mass is 16.6. The second kappa shape index (κ2) is 7.57. The Bertz CT molecular complexity index is 1110. The van der Waals surface area contributed by atoms with Crippen molar-refractivity contribution in [2.24, 2.45) is 0 Å². The third-order valence-corrected chi connectivity index (χ3v) is 5.09. The van der Waals surface area contributed by atoms with Crippen LogP contribution in [0.4, 0.5) is 10.5 Å². The van der Waals surface area contributed by atoms with E-state index in [-0.39, 0.29) is 25.2 Å². The summed E-state index contributed by atoms with van der Waals surface area (Å²) in [4.78, 5) is 24.4. The van der Waals surface area contributed by atoms with Gasteiger partial charge in [-0.15, -0.1) is 0 Å². The molecule has 8 heteroatoms. The number of rotatable bonds is 4. The molecule has 0 aliphatic carbocycles. The Morgan fingerprint density at radius 1 is 1.17 bits per heavy atom. The van der Waals surface area contributed by atoms with Gasteiger partial charge in [0.2, 0.25) is 0 Å². The van der Waals surface area contributed by atoms with Gasteiger partial charge < -0.3 is 28.5 Å². The van der Waals surface area contributed by atoms with Gasteiger partial charge in [-0.3, -0.25) is 4.79 Å². The maximum Gasteiger partial charge on any atom is 0.267 e. The minimum atomic E-state index is -1.33. The van der Waals surface area contributed by atoms with E-state index >= 15 is 0 Å². The summed E-state index contributed by atoms with van der Waals surface area (Å²) in [6, 6.07) is 12.9. The Hall–Kier alpha value is -3.36. The second-order valence-electron chi connectivity index (χ2n) is 6.65. The number of quaternary nitrogens is 1. The van der Waals surface area contributed by atoms with Crippen molar-refractivity contribution in [2.75, 3.05) is 26.9 Å². The molecular weight excluding hydrogens is 378 g/mol. The van der Waals surface area contributed by atoms with E-state index in [2.05, 4.69) is 0 Å². The smallest absolute Gasteiger partial charge is 0.267 e. The number of carbonyl (C=O) groups is 1. The van der Waals surface area contributed by atoms with E-state index in [4.69, 9.17) is 18.6 Å². The summed E-state index contributed by atoms with van der Waals surface area (Å²) in [6.07, 6.45) is -0.964. The lowest BCUT2D eigenvalue weighted by Crippen LogP contribution is -2.71. The maximum atomic E-state index is 12.4. The monoisotopic (exact) mass is 397 g/mol. The molecule has 29 heavy (non-hydrogen) atoms. The average Bonchev–Trinajstić information content (AvgIpc) is 2.74. The van der Waals surface area contributed by atoms with Crippen LogP contribution >= 0.6 is 0 Å². The minimum Gasteiger partial charge on any atom is -0.498 e. The fraction of sp³-hybridized carbons (Fsp3) is 0.238. The van der Waals surface area contributed by atoms with Crippen LogP contribution in [0.2, 0.25) is 0 Å². The molecule has 1 saturated heterocycles. The molecule has 1 amide bonds. The third kappa shape index (κ3) is 3.32. The molecule has 2 heterocycles. The molecule has 4 rings (SSSR count). The van der Waals surface area contributed by atoms with E-state index < -0.39 is 16.8 Å². The maximum absolute atomic E-state index is 12.4. The minimum absolute atomic E-state index is 0.0436. The molecule has 1 aromatic heterocycles. The SMILES string of the molecule is COc1cccc(OC2COCC[N+]2(C(=O)[O-])c2ccc3c(=O)ccoc3c2)c1.